The van der Waals surface area contributed by atoms with Gasteiger partial charge in [0.15, 0.2) is 0 Å². The Kier molecular flexibility index (Phi) is 4.41. The Balaban J connectivity index is 2.52. The first-order valence-electron chi connectivity index (χ1n) is 4.04. The molecule has 0 fully saturated rings. The molecule has 0 heterocycles. The molecule has 1 rings (SSSR count). The van der Waals surface area contributed by atoms with Gasteiger partial charge in [-0.05, 0) is 12.1 Å². The Hall–Kier alpha value is -0.970. The number of benzene rings is 1. The van der Waals surface area contributed by atoms with Gasteiger partial charge < -0.3 is 4.74 Å². The van der Waals surface area contributed by atoms with Crippen molar-refractivity contribution in [2.75, 3.05) is 0 Å². The Morgan fingerprint density at radius 2 is 1.69 bits per heavy atom. The molecule has 0 spiro atoms. The fourth-order valence-corrected chi connectivity index (χ4v) is 0.926. The van der Waals surface area contributed by atoms with Gasteiger partial charge in [-0.25, -0.2) is 4.79 Å². The molecule has 0 atom stereocenters. The second kappa shape index (κ2) is 5.39. The Morgan fingerprint density at radius 1 is 1.12 bits per heavy atom. The van der Waals surface area contributed by atoms with Gasteiger partial charge in [0.05, 0.1) is 0 Å². The summed E-state index contributed by atoms with van der Waals surface area (Å²) in [6.45, 7) is 0. The molecule has 4 nitrogen and oxygen atoms in total. The van der Waals surface area contributed by atoms with E-state index in [2.05, 4.69) is 0 Å². The fraction of sp³-hybridized carbons (Fsp3) is 0.111. The molecule has 1 aromatic carbocycles. The van der Waals surface area contributed by atoms with E-state index in [4.69, 9.17) is 39.5 Å². The number of nitrogens with one attached hydrogen (secondary N) is 1. The van der Waals surface area contributed by atoms with Crippen molar-refractivity contribution in [2.24, 2.45) is 0 Å². The van der Waals surface area contributed by atoms with Crippen molar-refractivity contribution in [3.63, 3.8) is 0 Å². The summed E-state index contributed by atoms with van der Waals surface area (Å²) in [7, 11) is 0. The number of amides is 2. The maximum atomic E-state index is 11.1. The number of alkyl halides is 3. The van der Waals surface area contributed by atoms with Crippen LogP contribution in [0.3, 0.4) is 0 Å². The molecule has 2 amide bonds. The average molecular weight is 283 g/mol. The van der Waals surface area contributed by atoms with E-state index < -0.39 is 15.8 Å². The minimum absolute atomic E-state index is 0.275. The third-order valence-electron chi connectivity index (χ3n) is 1.43. The Bertz CT molecular complexity index is 389. The van der Waals surface area contributed by atoms with Crippen LogP contribution in [0.1, 0.15) is 0 Å². The van der Waals surface area contributed by atoms with Crippen molar-refractivity contribution < 1.29 is 14.3 Å². The van der Waals surface area contributed by atoms with Crippen LogP contribution in [-0.4, -0.2) is 15.8 Å². The van der Waals surface area contributed by atoms with E-state index in [1.807, 2.05) is 0 Å². The van der Waals surface area contributed by atoms with Gasteiger partial charge in [0, 0.05) is 0 Å². The van der Waals surface area contributed by atoms with Crippen LogP contribution in [0, 0.1) is 0 Å². The largest absolute Gasteiger partial charge is 0.419 e. The number of para-hydroxylation sites is 1. The van der Waals surface area contributed by atoms with Crippen molar-refractivity contribution in [1.82, 2.24) is 5.32 Å². The Morgan fingerprint density at radius 3 is 2.19 bits per heavy atom. The van der Waals surface area contributed by atoms with Crippen molar-refractivity contribution in [3.8, 4) is 5.75 Å². The van der Waals surface area contributed by atoms with E-state index >= 15 is 0 Å². The summed E-state index contributed by atoms with van der Waals surface area (Å²) in [6, 6.07) is 8.16. The van der Waals surface area contributed by atoms with Crippen LogP contribution >= 0.6 is 34.8 Å². The summed E-state index contributed by atoms with van der Waals surface area (Å²) in [6.07, 6.45) is -1.01. The van der Waals surface area contributed by atoms with Crippen molar-refractivity contribution in [3.05, 3.63) is 30.3 Å². The minimum Gasteiger partial charge on any atom is -0.410 e. The minimum atomic E-state index is -2.20. The SMILES string of the molecule is O=C(NC(=O)C(Cl)(Cl)Cl)Oc1ccccc1. The number of imide groups is 1. The molecule has 1 aromatic rings. The zero-order valence-electron chi connectivity index (χ0n) is 7.75. The molecule has 16 heavy (non-hydrogen) atoms. The summed E-state index contributed by atoms with van der Waals surface area (Å²) in [4.78, 5) is 22.2. The van der Waals surface area contributed by atoms with Crippen LogP contribution in [0.2, 0.25) is 0 Å². The molecule has 1 N–H and O–H groups in total. The summed E-state index contributed by atoms with van der Waals surface area (Å²) in [5.74, 6) is -0.796. The summed E-state index contributed by atoms with van der Waals surface area (Å²) in [5.41, 5.74) is 0. The van der Waals surface area contributed by atoms with Crippen molar-refractivity contribution in [2.45, 2.75) is 3.79 Å². The van der Waals surface area contributed by atoms with Crippen LogP contribution in [0.4, 0.5) is 4.79 Å². The number of hydrogen-bond donors (Lipinski definition) is 1. The molecule has 7 heteroatoms. The molecule has 0 bridgehead atoms. The number of carbonyl (C=O) groups excluding carboxylic acids is 2. The third-order valence-corrected chi connectivity index (χ3v) is 1.94. The smallest absolute Gasteiger partial charge is 0.410 e. The molecule has 0 aliphatic rings. The number of halogens is 3. The van der Waals surface area contributed by atoms with Gasteiger partial charge in [-0.2, -0.15) is 0 Å². The fourth-order valence-electron chi connectivity index (χ4n) is 0.785. The van der Waals surface area contributed by atoms with E-state index in [0.29, 0.717) is 0 Å². The van der Waals surface area contributed by atoms with E-state index in [1.54, 1.807) is 35.6 Å². The molecular formula is C9H6Cl3NO3. The molecule has 0 aliphatic carbocycles. The number of ether oxygens (including phenoxy) is 1. The van der Waals surface area contributed by atoms with Gasteiger partial charge in [0.2, 0.25) is 0 Å². The predicted octanol–water partition coefficient (Wildman–Crippen LogP) is 2.67. The van der Waals surface area contributed by atoms with Crippen LogP contribution in [0.25, 0.3) is 0 Å². The summed E-state index contributed by atoms with van der Waals surface area (Å²) < 4.78 is 2.53. The number of rotatable bonds is 1. The van der Waals surface area contributed by atoms with E-state index in [0.717, 1.165) is 0 Å². The van der Waals surface area contributed by atoms with Crippen molar-refractivity contribution >= 4 is 46.8 Å². The first-order valence-corrected chi connectivity index (χ1v) is 5.18. The monoisotopic (exact) mass is 281 g/mol. The first-order chi connectivity index (χ1) is 7.39. The molecule has 0 saturated heterocycles. The van der Waals surface area contributed by atoms with Gasteiger partial charge in [-0.15, -0.1) is 0 Å². The standard InChI is InChI=1S/C9H6Cl3NO3/c10-9(11,12)7(14)13-8(15)16-6-4-2-1-3-5-6/h1-5H,(H,13,14,15). The second-order valence-electron chi connectivity index (χ2n) is 2.65. The maximum Gasteiger partial charge on any atom is 0.419 e. The van der Waals surface area contributed by atoms with Gasteiger partial charge in [-0.3, -0.25) is 10.1 Å². The molecule has 0 aromatic heterocycles. The lowest BCUT2D eigenvalue weighted by atomic mass is 10.3. The van der Waals surface area contributed by atoms with Gasteiger partial charge in [0.1, 0.15) is 5.75 Å². The summed E-state index contributed by atoms with van der Waals surface area (Å²) >= 11 is 15.7. The predicted molar refractivity (Wildman–Crippen MR) is 60.9 cm³/mol. The zero-order valence-corrected chi connectivity index (χ0v) is 10.0. The van der Waals surface area contributed by atoms with Crippen LogP contribution in [-0.2, 0) is 4.79 Å². The number of carbonyl (C=O) groups is 2. The van der Waals surface area contributed by atoms with Crippen LogP contribution in [0.5, 0.6) is 5.75 Å². The highest BCUT2D eigenvalue weighted by Crippen LogP contribution is 2.25. The maximum absolute atomic E-state index is 11.1. The van der Waals surface area contributed by atoms with E-state index in [1.165, 1.54) is 0 Å². The lowest BCUT2D eigenvalue weighted by Gasteiger charge is -2.10. The summed E-state index contributed by atoms with van der Waals surface area (Å²) in [5, 5.41) is 1.77. The lowest BCUT2D eigenvalue weighted by molar-refractivity contribution is -0.119. The highest BCUT2D eigenvalue weighted by molar-refractivity contribution is 6.76. The highest BCUT2D eigenvalue weighted by Gasteiger charge is 2.32. The second-order valence-corrected chi connectivity index (χ2v) is 4.94. The molecule has 0 radical (unpaired) electrons. The molecule has 0 saturated carbocycles. The van der Waals surface area contributed by atoms with Gasteiger partial charge in [0.25, 0.3) is 9.70 Å². The molecule has 0 aliphatic heterocycles. The quantitative estimate of drug-likeness (QED) is 0.806. The topological polar surface area (TPSA) is 55.4 Å². The van der Waals surface area contributed by atoms with Crippen LogP contribution < -0.4 is 10.1 Å². The van der Waals surface area contributed by atoms with E-state index in [-0.39, 0.29) is 5.75 Å². The third kappa shape index (κ3) is 4.26. The normalized spacial score (nSPS) is 10.7. The number of hydrogen-bond acceptors (Lipinski definition) is 3. The molecule has 0 unspecified atom stereocenters. The molecular weight excluding hydrogens is 276 g/mol. The van der Waals surface area contributed by atoms with Crippen molar-refractivity contribution in [1.29, 1.82) is 0 Å². The molecule has 86 valence electrons. The average Bonchev–Trinajstić information content (AvgIpc) is 2.17. The first kappa shape index (κ1) is 13.1. The zero-order chi connectivity index (χ0) is 12.2. The highest BCUT2D eigenvalue weighted by atomic mass is 35.6. The lowest BCUT2D eigenvalue weighted by Crippen LogP contribution is -2.40. The van der Waals surface area contributed by atoms with Gasteiger partial charge in [-0.1, -0.05) is 53.0 Å². The van der Waals surface area contributed by atoms with E-state index in [9.17, 15) is 9.59 Å². The van der Waals surface area contributed by atoms with Crippen LogP contribution in [0.15, 0.2) is 30.3 Å². The van der Waals surface area contributed by atoms with Gasteiger partial charge >= 0.3 is 6.09 Å². The Labute approximate surface area is 106 Å².